The SMILES string of the molecule is COC(=O)C1=C(C)NC2=C(C(=O)c3ccccc32)[C@H]1c1ccc(OC)cc1OC. The molecule has 2 aromatic carbocycles. The van der Waals surface area contributed by atoms with Crippen LogP contribution in [0.25, 0.3) is 5.70 Å². The summed E-state index contributed by atoms with van der Waals surface area (Å²) in [4.78, 5) is 26.1. The minimum atomic E-state index is -0.626. The van der Waals surface area contributed by atoms with Crippen LogP contribution in [0.2, 0.25) is 0 Å². The van der Waals surface area contributed by atoms with Crippen LogP contribution in [0.4, 0.5) is 0 Å². The van der Waals surface area contributed by atoms with Crippen molar-refractivity contribution in [2.45, 2.75) is 12.8 Å². The van der Waals surface area contributed by atoms with E-state index in [0.717, 1.165) is 11.3 Å². The molecule has 0 radical (unpaired) electrons. The standard InChI is InChI=1S/C23H21NO5/c1-12-18(23(26)29-4)19(16-10-9-13(27-2)11-17(16)28-3)20-21(24-12)14-7-5-6-8-15(14)22(20)25/h5-11,19,24H,1-4H3/t19-/m0/s1. The second-order valence-corrected chi connectivity index (χ2v) is 6.86. The molecule has 0 aromatic heterocycles. The van der Waals surface area contributed by atoms with Gasteiger partial charge in [0.15, 0.2) is 5.78 Å². The molecule has 2 aliphatic rings. The molecule has 6 nitrogen and oxygen atoms in total. The Morgan fingerprint density at radius 1 is 1.00 bits per heavy atom. The summed E-state index contributed by atoms with van der Waals surface area (Å²) in [5.41, 5.74) is 4.40. The molecule has 0 amide bonds. The number of rotatable bonds is 4. The molecule has 0 fully saturated rings. The third-order valence-electron chi connectivity index (χ3n) is 5.41. The third-order valence-corrected chi connectivity index (χ3v) is 5.41. The number of benzene rings is 2. The summed E-state index contributed by atoms with van der Waals surface area (Å²) >= 11 is 0. The van der Waals surface area contributed by atoms with Crippen molar-refractivity contribution < 1.29 is 23.8 Å². The lowest BCUT2D eigenvalue weighted by molar-refractivity contribution is -0.136. The molecule has 0 unspecified atom stereocenters. The van der Waals surface area contributed by atoms with Crippen LogP contribution in [0.5, 0.6) is 11.5 Å². The van der Waals surface area contributed by atoms with Crippen molar-refractivity contribution in [2.24, 2.45) is 0 Å². The molecule has 1 heterocycles. The molecule has 4 rings (SSSR count). The van der Waals surface area contributed by atoms with Gasteiger partial charge in [-0.3, -0.25) is 4.79 Å². The smallest absolute Gasteiger partial charge is 0.336 e. The molecule has 0 spiro atoms. The Balaban J connectivity index is 1.98. The van der Waals surface area contributed by atoms with Gasteiger partial charge in [0, 0.05) is 34.0 Å². The first kappa shape index (κ1) is 18.8. The van der Waals surface area contributed by atoms with E-state index in [1.54, 1.807) is 32.4 Å². The Hall–Kier alpha value is -3.54. The maximum absolute atomic E-state index is 13.4. The van der Waals surface area contributed by atoms with Gasteiger partial charge in [-0.05, 0) is 13.0 Å². The van der Waals surface area contributed by atoms with Crippen molar-refractivity contribution in [3.8, 4) is 11.5 Å². The third kappa shape index (κ3) is 2.79. The highest BCUT2D eigenvalue weighted by Gasteiger charge is 2.43. The van der Waals surface area contributed by atoms with Crippen LogP contribution < -0.4 is 14.8 Å². The molecule has 29 heavy (non-hydrogen) atoms. The quantitative estimate of drug-likeness (QED) is 0.805. The Labute approximate surface area is 168 Å². The van der Waals surface area contributed by atoms with Crippen LogP contribution >= 0.6 is 0 Å². The second kappa shape index (κ2) is 7.13. The van der Waals surface area contributed by atoms with Gasteiger partial charge in [-0.1, -0.05) is 30.3 Å². The lowest BCUT2D eigenvalue weighted by Crippen LogP contribution is -2.29. The van der Waals surface area contributed by atoms with Crippen LogP contribution in [-0.2, 0) is 9.53 Å². The van der Waals surface area contributed by atoms with Crippen molar-refractivity contribution >= 4 is 17.4 Å². The first-order valence-corrected chi connectivity index (χ1v) is 9.18. The molecule has 0 bridgehead atoms. The number of methoxy groups -OCH3 is 3. The van der Waals surface area contributed by atoms with Gasteiger partial charge in [0.2, 0.25) is 0 Å². The van der Waals surface area contributed by atoms with Crippen LogP contribution in [0.1, 0.15) is 34.3 Å². The fourth-order valence-corrected chi connectivity index (χ4v) is 4.08. The van der Waals surface area contributed by atoms with Crippen LogP contribution in [0.3, 0.4) is 0 Å². The topological polar surface area (TPSA) is 73.9 Å². The average molecular weight is 391 g/mol. The van der Waals surface area contributed by atoms with E-state index in [9.17, 15) is 9.59 Å². The zero-order valence-corrected chi connectivity index (χ0v) is 16.7. The van der Waals surface area contributed by atoms with Crippen molar-refractivity contribution in [3.63, 3.8) is 0 Å². The Morgan fingerprint density at radius 3 is 2.38 bits per heavy atom. The maximum atomic E-state index is 13.4. The van der Waals surface area contributed by atoms with Crippen LogP contribution in [0, 0.1) is 0 Å². The molecule has 148 valence electrons. The summed E-state index contributed by atoms with van der Waals surface area (Å²) in [6, 6.07) is 12.8. The number of carbonyl (C=O) groups is 2. The number of dihydropyridines is 1. The summed E-state index contributed by atoms with van der Waals surface area (Å²) in [5.74, 6) is -0.0799. The highest BCUT2D eigenvalue weighted by Crippen LogP contribution is 2.49. The van der Waals surface area contributed by atoms with Gasteiger partial charge in [0.05, 0.1) is 38.5 Å². The molecule has 0 saturated carbocycles. The number of hydrogen-bond donors (Lipinski definition) is 1. The van der Waals surface area contributed by atoms with E-state index in [-0.39, 0.29) is 5.78 Å². The lowest BCUT2D eigenvalue weighted by Gasteiger charge is -2.30. The monoisotopic (exact) mass is 391 g/mol. The van der Waals surface area contributed by atoms with E-state index >= 15 is 0 Å². The molecule has 1 atom stereocenters. The minimum absolute atomic E-state index is 0.111. The van der Waals surface area contributed by atoms with Crippen LogP contribution in [0.15, 0.2) is 59.3 Å². The Kier molecular flexibility index (Phi) is 4.62. The minimum Gasteiger partial charge on any atom is -0.497 e. The highest BCUT2D eigenvalue weighted by molar-refractivity contribution is 6.23. The number of nitrogens with one attached hydrogen (secondary N) is 1. The van der Waals surface area contributed by atoms with Crippen LogP contribution in [-0.4, -0.2) is 33.1 Å². The van der Waals surface area contributed by atoms with Gasteiger partial charge in [0.25, 0.3) is 0 Å². The average Bonchev–Trinajstić information content (AvgIpc) is 3.03. The van der Waals surface area contributed by atoms with Gasteiger partial charge in [-0.25, -0.2) is 4.79 Å². The van der Waals surface area contributed by atoms with Gasteiger partial charge < -0.3 is 19.5 Å². The van der Waals surface area contributed by atoms with E-state index < -0.39 is 11.9 Å². The predicted molar refractivity (Wildman–Crippen MR) is 108 cm³/mol. The zero-order valence-electron chi connectivity index (χ0n) is 16.7. The lowest BCUT2D eigenvalue weighted by atomic mass is 9.79. The first-order chi connectivity index (χ1) is 14.0. The van der Waals surface area contributed by atoms with E-state index in [1.807, 2.05) is 31.2 Å². The Morgan fingerprint density at radius 2 is 1.72 bits per heavy atom. The van der Waals surface area contributed by atoms with Gasteiger partial charge in [-0.2, -0.15) is 0 Å². The number of allylic oxidation sites excluding steroid dienone is 2. The normalized spacial score (nSPS) is 17.5. The number of ether oxygens (including phenoxy) is 3. The first-order valence-electron chi connectivity index (χ1n) is 9.18. The predicted octanol–water partition coefficient (Wildman–Crippen LogP) is 3.45. The van der Waals surface area contributed by atoms with E-state index in [2.05, 4.69) is 5.32 Å². The highest BCUT2D eigenvalue weighted by atomic mass is 16.5. The number of ketones is 1. The number of Topliss-reactive ketones (excluding diaryl/α,β-unsaturated/α-hetero) is 1. The molecule has 2 aromatic rings. The molecule has 1 aliphatic carbocycles. The second-order valence-electron chi connectivity index (χ2n) is 6.86. The number of hydrogen-bond acceptors (Lipinski definition) is 6. The van der Waals surface area contributed by atoms with Gasteiger partial charge in [-0.15, -0.1) is 0 Å². The van der Waals surface area contributed by atoms with Gasteiger partial charge in [0.1, 0.15) is 11.5 Å². The summed E-state index contributed by atoms with van der Waals surface area (Å²) in [6.07, 6.45) is 0. The summed E-state index contributed by atoms with van der Waals surface area (Å²) in [5, 5.41) is 3.26. The largest absolute Gasteiger partial charge is 0.497 e. The molecule has 1 N–H and O–H groups in total. The van der Waals surface area contributed by atoms with Gasteiger partial charge >= 0.3 is 5.97 Å². The van der Waals surface area contributed by atoms with E-state index in [4.69, 9.17) is 14.2 Å². The van der Waals surface area contributed by atoms with Crippen molar-refractivity contribution in [1.82, 2.24) is 5.32 Å². The summed E-state index contributed by atoms with van der Waals surface area (Å²) in [7, 11) is 4.45. The van der Waals surface area contributed by atoms with Crippen molar-refractivity contribution in [1.29, 1.82) is 0 Å². The maximum Gasteiger partial charge on any atom is 0.336 e. The molecular formula is C23H21NO5. The zero-order chi connectivity index (χ0) is 20.7. The number of carbonyl (C=O) groups excluding carboxylic acids is 2. The molecule has 6 heteroatoms. The summed E-state index contributed by atoms with van der Waals surface area (Å²) < 4.78 is 15.9. The fourth-order valence-electron chi connectivity index (χ4n) is 4.08. The van der Waals surface area contributed by atoms with E-state index in [1.165, 1.54) is 7.11 Å². The number of esters is 1. The van der Waals surface area contributed by atoms with Crippen molar-refractivity contribution in [3.05, 3.63) is 76.0 Å². The molecule has 0 saturated heterocycles. The summed E-state index contributed by atoms with van der Waals surface area (Å²) in [6.45, 7) is 1.81. The van der Waals surface area contributed by atoms with E-state index in [0.29, 0.717) is 39.5 Å². The molecule has 1 aliphatic heterocycles. The number of fused-ring (bicyclic) bond motifs is 2. The Bertz CT molecular complexity index is 1100. The fraction of sp³-hybridized carbons (Fsp3) is 0.217. The molecular weight excluding hydrogens is 370 g/mol. The van der Waals surface area contributed by atoms with Crippen molar-refractivity contribution in [2.75, 3.05) is 21.3 Å².